The molecule has 0 aliphatic heterocycles. The van der Waals surface area contributed by atoms with Crippen LogP contribution in [0.4, 0.5) is 0 Å². The van der Waals surface area contributed by atoms with Crippen LogP contribution >= 0.6 is 0 Å². The second kappa shape index (κ2) is 10.0. The maximum Gasteiger partial charge on any atom is 0.114 e. The molecule has 0 N–H and O–H groups in total. The average Bonchev–Trinajstić information content (AvgIpc) is 3.71. The first-order valence-corrected chi connectivity index (χ1v) is 15.2. The molecule has 0 atom stereocenters. The van der Waals surface area contributed by atoms with Gasteiger partial charge in [0, 0.05) is 24.3 Å². The van der Waals surface area contributed by atoms with Crippen molar-refractivity contribution in [3.63, 3.8) is 0 Å². The van der Waals surface area contributed by atoms with Crippen molar-refractivity contribution in [3.8, 4) is 39.1 Å². The van der Waals surface area contributed by atoms with Crippen molar-refractivity contribution in [3.05, 3.63) is 156 Å². The molecule has 0 unspecified atom stereocenters. The number of nitrogens with zero attached hydrogens (tertiary/aromatic N) is 2. The number of aryl methyl sites for hydroxylation is 1. The first-order chi connectivity index (χ1) is 27.4. The zero-order valence-corrected chi connectivity index (χ0v) is 25.1. The van der Waals surface area contributed by atoms with Crippen molar-refractivity contribution in [2.24, 2.45) is 0 Å². The largest absolute Gasteiger partial charge is 0.296 e. The molecule has 2 nitrogen and oxygen atoms in total. The van der Waals surface area contributed by atoms with Crippen LogP contribution in [0.2, 0.25) is 0 Å². The zero-order valence-electron chi connectivity index (χ0n) is 37.1. The predicted molar refractivity (Wildman–Crippen MR) is 194 cm³/mol. The van der Waals surface area contributed by atoms with Gasteiger partial charge in [-0.1, -0.05) is 130 Å². The second-order valence-corrected chi connectivity index (χ2v) is 12.1. The summed E-state index contributed by atoms with van der Waals surface area (Å²) in [5.41, 5.74) is 4.01. The first-order valence-electron chi connectivity index (χ1n) is 21.2. The van der Waals surface area contributed by atoms with Crippen LogP contribution in [-0.2, 0) is 11.8 Å². The van der Waals surface area contributed by atoms with E-state index in [0.29, 0.717) is 33.4 Å². The Morgan fingerprint density at radius 3 is 1.98 bits per heavy atom. The van der Waals surface area contributed by atoms with E-state index < -0.39 is 24.7 Å². The highest BCUT2D eigenvalue weighted by Gasteiger charge is 2.35. The maximum absolute atomic E-state index is 9.81. The van der Waals surface area contributed by atoms with Gasteiger partial charge in [0.1, 0.15) is 5.82 Å². The van der Waals surface area contributed by atoms with Crippen LogP contribution in [-0.4, -0.2) is 9.55 Å². The number of hydrogen-bond acceptors (Lipinski definition) is 1. The monoisotopic (exact) mass is 602 g/mol. The van der Waals surface area contributed by atoms with Gasteiger partial charge in [0.15, 0.2) is 0 Å². The topological polar surface area (TPSA) is 17.8 Å². The fraction of sp³-hybridized carbons (Fsp3) is 0.114. The maximum atomic E-state index is 9.81. The Balaban J connectivity index is 1.29. The highest BCUT2D eigenvalue weighted by Crippen LogP contribution is 2.51. The van der Waals surface area contributed by atoms with Crippen LogP contribution in [0.1, 0.15) is 54.1 Å². The van der Waals surface area contributed by atoms with Crippen molar-refractivity contribution in [2.75, 3.05) is 0 Å². The number of para-hydroxylation sites is 2. The Hall–Kier alpha value is -5.47. The molecule has 1 aromatic heterocycles. The van der Waals surface area contributed by atoms with Gasteiger partial charge in [-0.15, -0.1) is 0 Å². The molecule has 2 heteroatoms. The molecule has 7 aromatic carbocycles. The Kier molecular flexibility index (Phi) is 3.77. The summed E-state index contributed by atoms with van der Waals surface area (Å²) in [4.78, 5) is 4.46. The summed E-state index contributed by atoms with van der Waals surface area (Å²) in [5, 5.41) is 3.08. The lowest BCUT2D eigenvalue weighted by Gasteiger charge is -2.23. The number of hydrogen-bond donors (Lipinski definition) is 0. The lowest BCUT2D eigenvalue weighted by atomic mass is 9.80. The van der Waals surface area contributed by atoms with E-state index in [4.69, 9.17) is 12.3 Å². The minimum atomic E-state index is -2.98. The highest BCUT2D eigenvalue weighted by molar-refractivity contribution is 6.21. The number of benzene rings is 7. The van der Waals surface area contributed by atoms with Gasteiger partial charge in [-0.05, 0) is 96.4 Å². The molecule has 0 saturated carbocycles. The predicted octanol–water partition coefficient (Wildman–Crippen LogP) is 11.5. The van der Waals surface area contributed by atoms with Gasteiger partial charge in [0.25, 0.3) is 0 Å². The van der Waals surface area contributed by atoms with Crippen LogP contribution in [0.3, 0.4) is 0 Å². The van der Waals surface area contributed by atoms with Crippen molar-refractivity contribution in [1.82, 2.24) is 9.55 Å². The van der Waals surface area contributed by atoms with E-state index >= 15 is 0 Å². The first kappa shape index (κ1) is 17.3. The fourth-order valence-electron chi connectivity index (χ4n) is 7.14. The van der Waals surface area contributed by atoms with Gasteiger partial charge in [-0.2, -0.15) is 0 Å². The van der Waals surface area contributed by atoms with Crippen LogP contribution in [0.15, 0.2) is 139 Å². The Labute approximate surface area is 286 Å². The summed E-state index contributed by atoms with van der Waals surface area (Å²) in [7, 11) is 0. The number of imidazole rings is 1. The molecule has 46 heavy (non-hydrogen) atoms. The summed E-state index contributed by atoms with van der Waals surface area (Å²) in [5.74, 6) is -0.230. The third-order valence-electron chi connectivity index (χ3n) is 9.27. The van der Waals surface area contributed by atoms with Crippen molar-refractivity contribution in [2.45, 2.75) is 32.5 Å². The molecular weight excluding hydrogens is 556 g/mol. The normalized spacial score (nSPS) is 17.7. The lowest BCUT2D eigenvalue weighted by Crippen LogP contribution is -2.14. The molecule has 0 fully saturated rings. The molecule has 9 rings (SSSR count). The zero-order chi connectivity index (χ0) is 41.4. The lowest BCUT2D eigenvalue weighted by molar-refractivity contribution is 0.660. The molecule has 1 aliphatic carbocycles. The molecule has 1 heterocycles. The summed E-state index contributed by atoms with van der Waals surface area (Å²) >= 11 is 0. The Bertz CT molecular complexity index is 3010. The molecule has 0 radical (unpaired) electrons. The Morgan fingerprint density at radius 2 is 1.28 bits per heavy atom. The molecule has 220 valence electrons. The molecular formula is C44H34N2. The van der Waals surface area contributed by atoms with Crippen molar-refractivity contribution >= 4 is 32.6 Å². The summed E-state index contributed by atoms with van der Waals surface area (Å²) in [6.45, 7) is 0.631. The van der Waals surface area contributed by atoms with Crippen LogP contribution in [0, 0.1) is 0 Å². The molecule has 0 amide bonds. The average molecular weight is 603 g/mol. The molecule has 0 spiro atoms. The van der Waals surface area contributed by atoms with Gasteiger partial charge in [-0.3, -0.25) is 4.57 Å². The van der Waals surface area contributed by atoms with Crippen molar-refractivity contribution < 1.29 is 16.4 Å². The molecule has 8 aromatic rings. The standard InChI is InChI=1S/C44H34N2/c1-4-41-45-39-19-11-12-20-40(39)46(41)30-24-21-28(22-25-30)42-33-14-5-7-16-35(33)43(36-17-8-6-15-34(36)42)29-23-26-32-31-13-9-10-18-37(31)44(2,3)38(32)27-29/h5-27H,4H2,1-3H3/i1D3,4D2,9D,10D,13D,18D,23D,26D,27D. The molecule has 1 aliphatic rings. The van der Waals surface area contributed by atoms with E-state index in [2.05, 4.69) is 4.98 Å². The quantitative estimate of drug-likeness (QED) is 0.183. The van der Waals surface area contributed by atoms with Gasteiger partial charge >= 0.3 is 0 Å². The van der Waals surface area contributed by atoms with Crippen LogP contribution in [0.25, 0.3) is 71.6 Å². The molecule has 0 saturated heterocycles. The molecule has 0 bridgehead atoms. The van der Waals surface area contributed by atoms with Crippen LogP contribution in [0.5, 0.6) is 0 Å². The van der Waals surface area contributed by atoms with E-state index in [9.17, 15) is 4.11 Å². The number of rotatable bonds is 4. The SMILES string of the molecule is [2H]c1c([2H])c([2H])c2c(c1[2H])-c1c([2H])c([2H])c(-c3c4ccccc4c(-c4ccc(-n5c(C([2H])([2H])C([2H])([2H])[2H])nc6ccccc65)cc4)c4ccccc34)c([2H])c1C2(C)C. The number of aromatic nitrogens is 2. The summed E-state index contributed by atoms with van der Waals surface area (Å²) in [6.07, 6.45) is -2.75. The second-order valence-electron chi connectivity index (χ2n) is 12.1. The minimum absolute atomic E-state index is 0.0123. The third-order valence-corrected chi connectivity index (χ3v) is 9.27. The van der Waals surface area contributed by atoms with Crippen LogP contribution < -0.4 is 0 Å². The highest BCUT2D eigenvalue weighted by atomic mass is 15.1. The van der Waals surface area contributed by atoms with E-state index in [-0.39, 0.29) is 58.8 Å². The minimum Gasteiger partial charge on any atom is -0.296 e. The van der Waals surface area contributed by atoms with E-state index in [1.165, 1.54) is 0 Å². The van der Waals surface area contributed by atoms with Gasteiger partial charge < -0.3 is 0 Å². The summed E-state index contributed by atoms with van der Waals surface area (Å²) < 4.78 is 106. The van der Waals surface area contributed by atoms with E-state index in [1.807, 2.05) is 72.8 Å². The third kappa shape index (κ3) is 3.80. The van der Waals surface area contributed by atoms with E-state index in [0.717, 1.165) is 32.7 Å². The van der Waals surface area contributed by atoms with Gasteiger partial charge in [0.2, 0.25) is 0 Å². The smallest absolute Gasteiger partial charge is 0.114 e. The summed E-state index contributed by atoms with van der Waals surface area (Å²) in [6, 6.07) is 28.0. The number of fused-ring (bicyclic) bond motifs is 6. The fourth-order valence-corrected chi connectivity index (χ4v) is 7.14. The van der Waals surface area contributed by atoms with Gasteiger partial charge in [0.05, 0.1) is 20.6 Å². The van der Waals surface area contributed by atoms with E-state index in [1.54, 1.807) is 42.7 Å². The Morgan fingerprint density at radius 1 is 0.674 bits per heavy atom. The van der Waals surface area contributed by atoms with Gasteiger partial charge in [-0.25, -0.2) is 4.98 Å². The van der Waals surface area contributed by atoms with Crippen molar-refractivity contribution in [1.29, 1.82) is 0 Å².